The van der Waals surface area contributed by atoms with Crippen molar-refractivity contribution in [2.75, 3.05) is 19.8 Å². The monoisotopic (exact) mass is 299 g/mol. The molecule has 2 rings (SSSR count). The summed E-state index contributed by atoms with van der Waals surface area (Å²) in [6, 6.07) is 4.10. The van der Waals surface area contributed by atoms with E-state index in [1.54, 1.807) is 0 Å². The van der Waals surface area contributed by atoms with E-state index in [1.165, 1.54) is 5.56 Å². The van der Waals surface area contributed by atoms with Crippen LogP contribution in [0.2, 0.25) is 0 Å². The first-order valence-electron chi connectivity index (χ1n) is 6.09. The zero-order valence-electron chi connectivity index (χ0n) is 9.88. The van der Waals surface area contributed by atoms with Crippen molar-refractivity contribution in [1.82, 2.24) is 0 Å². The summed E-state index contributed by atoms with van der Waals surface area (Å²) in [5.74, 6) is 1.71. The van der Waals surface area contributed by atoms with Crippen LogP contribution in [0, 0.1) is 0 Å². The molecule has 0 fully saturated rings. The van der Waals surface area contributed by atoms with E-state index in [2.05, 4.69) is 22.0 Å². The van der Waals surface area contributed by atoms with Crippen molar-refractivity contribution in [3.05, 3.63) is 22.2 Å². The van der Waals surface area contributed by atoms with E-state index >= 15 is 0 Å². The number of unbranched alkanes of at least 4 members (excludes halogenated alkanes) is 1. The molecule has 0 amide bonds. The molecular formula is C13H18BrNO2. The Kier molecular flexibility index (Phi) is 4.68. The van der Waals surface area contributed by atoms with Gasteiger partial charge in [0.1, 0.15) is 0 Å². The van der Waals surface area contributed by atoms with E-state index in [4.69, 9.17) is 15.2 Å². The van der Waals surface area contributed by atoms with Crippen LogP contribution in [0.5, 0.6) is 11.5 Å². The Morgan fingerprint density at radius 3 is 2.53 bits per heavy atom. The van der Waals surface area contributed by atoms with Gasteiger partial charge in [-0.05, 0) is 43.5 Å². The maximum Gasteiger partial charge on any atom is 0.162 e. The SMILES string of the molecule is NCCCCc1cc2c(cc1Br)OCCCO2. The standard InChI is InChI=1S/C13H18BrNO2/c14-11-9-13-12(16-6-3-7-17-13)8-10(11)4-1-2-5-15/h8-9H,1-7,15H2. The highest BCUT2D eigenvalue weighted by atomic mass is 79.9. The zero-order chi connectivity index (χ0) is 12.1. The number of fused-ring (bicyclic) bond motifs is 1. The third-order valence-electron chi connectivity index (χ3n) is 2.82. The number of ether oxygens (including phenoxy) is 2. The Morgan fingerprint density at radius 2 is 1.82 bits per heavy atom. The Hall–Kier alpha value is -0.740. The van der Waals surface area contributed by atoms with Crippen molar-refractivity contribution < 1.29 is 9.47 Å². The van der Waals surface area contributed by atoms with Crippen molar-refractivity contribution in [2.24, 2.45) is 5.73 Å². The smallest absolute Gasteiger partial charge is 0.162 e. The Morgan fingerprint density at radius 1 is 1.12 bits per heavy atom. The van der Waals surface area contributed by atoms with Gasteiger partial charge in [0.25, 0.3) is 0 Å². The van der Waals surface area contributed by atoms with Crippen molar-refractivity contribution in [2.45, 2.75) is 25.7 Å². The molecule has 4 heteroatoms. The highest BCUT2D eigenvalue weighted by Crippen LogP contribution is 2.35. The van der Waals surface area contributed by atoms with Gasteiger partial charge in [-0.3, -0.25) is 0 Å². The summed E-state index contributed by atoms with van der Waals surface area (Å²) in [4.78, 5) is 0. The highest BCUT2D eigenvalue weighted by Gasteiger charge is 2.13. The summed E-state index contributed by atoms with van der Waals surface area (Å²) >= 11 is 3.59. The second-order valence-corrected chi connectivity index (χ2v) is 5.04. The number of aryl methyl sites for hydroxylation is 1. The number of rotatable bonds is 4. The minimum absolute atomic E-state index is 0.728. The van der Waals surface area contributed by atoms with Crippen molar-refractivity contribution in [3.8, 4) is 11.5 Å². The van der Waals surface area contributed by atoms with Gasteiger partial charge in [-0.15, -0.1) is 0 Å². The van der Waals surface area contributed by atoms with Crippen LogP contribution in [0.15, 0.2) is 16.6 Å². The molecule has 0 aliphatic carbocycles. The molecule has 1 aromatic carbocycles. The molecule has 0 aromatic heterocycles. The molecule has 1 aromatic rings. The molecule has 0 atom stereocenters. The third-order valence-corrected chi connectivity index (χ3v) is 3.56. The van der Waals surface area contributed by atoms with Gasteiger partial charge in [0, 0.05) is 10.9 Å². The van der Waals surface area contributed by atoms with Gasteiger partial charge in [-0.1, -0.05) is 15.9 Å². The number of hydrogen-bond acceptors (Lipinski definition) is 3. The topological polar surface area (TPSA) is 44.5 Å². The molecule has 0 saturated heterocycles. The molecule has 17 heavy (non-hydrogen) atoms. The van der Waals surface area contributed by atoms with E-state index in [-0.39, 0.29) is 0 Å². The molecule has 0 saturated carbocycles. The lowest BCUT2D eigenvalue weighted by molar-refractivity contribution is 0.297. The van der Waals surface area contributed by atoms with Crippen molar-refractivity contribution in [1.29, 1.82) is 0 Å². The second kappa shape index (κ2) is 6.26. The van der Waals surface area contributed by atoms with Crippen molar-refractivity contribution in [3.63, 3.8) is 0 Å². The largest absolute Gasteiger partial charge is 0.490 e. The van der Waals surface area contributed by atoms with Crippen LogP contribution >= 0.6 is 15.9 Å². The summed E-state index contributed by atoms with van der Waals surface area (Å²) in [5, 5.41) is 0. The first kappa shape index (κ1) is 12.7. The average Bonchev–Trinajstić information content (AvgIpc) is 2.54. The fraction of sp³-hybridized carbons (Fsp3) is 0.538. The highest BCUT2D eigenvalue weighted by molar-refractivity contribution is 9.10. The fourth-order valence-electron chi connectivity index (χ4n) is 1.88. The van der Waals surface area contributed by atoms with Crippen LogP contribution in [0.1, 0.15) is 24.8 Å². The molecule has 1 heterocycles. The summed E-state index contributed by atoms with van der Waals surface area (Å²) in [6.45, 7) is 2.21. The molecule has 1 aliphatic heterocycles. The quantitative estimate of drug-likeness (QED) is 0.870. The maximum atomic E-state index is 5.68. The number of nitrogens with two attached hydrogens (primary N) is 1. The summed E-state index contributed by atoms with van der Waals surface area (Å²) in [7, 11) is 0. The molecule has 3 nitrogen and oxygen atoms in total. The van der Waals surface area contributed by atoms with E-state index < -0.39 is 0 Å². The first-order valence-corrected chi connectivity index (χ1v) is 6.88. The van der Waals surface area contributed by atoms with E-state index in [0.29, 0.717) is 0 Å². The fourth-order valence-corrected chi connectivity index (χ4v) is 2.40. The zero-order valence-corrected chi connectivity index (χ0v) is 11.5. The first-order chi connectivity index (χ1) is 8.31. The summed E-state index contributed by atoms with van der Waals surface area (Å²) in [5.41, 5.74) is 6.77. The summed E-state index contributed by atoms with van der Waals surface area (Å²) < 4.78 is 12.4. The Bertz CT molecular complexity index is 382. The van der Waals surface area contributed by atoms with Gasteiger partial charge in [0.2, 0.25) is 0 Å². The van der Waals surface area contributed by atoms with E-state index in [1.807, 2.05) is 6.07 Å². The Labute approximate surface area is 110 Å². The second-order valence-electron chi connectivity index (χ2n) is 4.19. The molecule has 0 bridgehead atoms. The van der Waals surface area contributed by atoms with Crippen LogP contribution in [0.3, 0.4) is 0 Å². The Balaban J connectivity index is 2.14. The number of benzene rings is 1. The average molecular weight is 300 g/mol. The van der Waals surface area contributed by atoms with Crippen LogP contribution in [0.4, 0.5) is 0 Å². The van der Waals surface area contributed by atoms with Crippen LogP contribution in [0.25, 0.3) is 0 Å². The lowest BCUT2D eigenvalue weighted by atomic mass is 10.1. The van der Waals surface area contributed by atoms with E-state index in [0.717, 1.165) is 61.4 Å². The van der Waals surface area contributed by atoms with Crippen molar-refractivity contribution >= 4 is 15.9 Å². The molecule has 1 aliphatic rings. The van der Waals surface area contributed by atoms with Gasteiger partial charge in [0.05, 0.1) is 13.2 Å². The lowest BCUT2D eigenvalue weighted by Crippen LogP contribution is -2.00. The predicted octanol–water partition coefficient (Wildman–Crippen LogP) is 2.89. The van der Waals surface area contributed by atoms with Gasteiger partial charge in [-0.2, -0.15) is 0 Å². The molecule has 0 radical (unpaired) electrons. The normalized spacial score (nSPS) is 14.5. The molecular weight excluding hydrogens is 282 g/mol. The van der Waals surface area contributed by atoms with Crippen LogP contribution in [-0.4, -0.2) is 19.8 Å². The van der Waals surface area contributed by atoms with Gasteiger partial charge >= 0.3 is 0 Å². The minimum Gasteiger partial charge on any atom is -0.490 e. The maximum absolute atomic E-state index is 5.68. The van der Waals surface area contributed by atoms with Crippen LogP contribution < -0.4 is 15.2 Å². The lowest BCUT2D eigenvalue weighted by Gasteiger charge is -2.11. The minimum atomic E-state index is 0.728. The summed E-state index contributed by atoms with van der Waals surface area (Å²) in [6.07, 6.45) is 4.12. The van der Waals surface area contributed by atoms with E-state index in [9.17, 15) is 0 Å². The number of hydrogen-bond donors (Lipinski definition) is 1. The molecule has 2 N–H and O–H groups in total. The van der Waals surface area contributed by atoms with Crippen LogP contribution in [-0.2, 0) is 6.42 Å². The van der Waals surface area contributed by atoms with Gasteiger partial charge < -0.3 is 15.2 Å². The predicted molar refractivity (Wildman–Crippen MR) is 71.7 cm³/mol. The molecule has 94 valence electrons. The molecule has 0 unspecified atom stereocenters. The van der Waals surface area contributed by atoms with Gasteiger partial charge in [-0.25, -0.2) is 0 Å². The molecule has 0 spiro atoms. The number of halogens is 1. The third kappa shape index (κ3) is 3.36. The van der Waals surface area contributed by atoms with Gasteiger partial charge in [0.15, 0.2) is 11.5 Å².